The molecule has 98 valence electrons. The van der Waals surface area contributed by atoms with Crippen LogP contribution in [0.3, 0.4) is 0 Å². The maximum Gasteiger partial charge on any atom is 0.0558 e. The Labute approximate surface area is 110 Å². The highest BCUT2D eigenvalue weighted by Crippen LogP contribution is 2.12. The highest BCUT2D eigenvalue weighted by molar-refractivity contribution is 5.41. The van der Waals surface area contributed by atoms with Crippen LogP contribution < -0.4 is 5.73 Å². The lowest BCUT2D eigenvalue weighted by Crippen LogP contribution is -2.33. The number of aliphatic hydroxyl groups excluding tert-OH is 1. The Bertz CT molecular complexity index is 418. The van der Waals surface area contributed by atoms with Crippen LogP contribution in [-0.4, -0.2) is 35.7 Å². The fourth-order valence-corrected chi connectivity index (χ4v) is 1.79. The third-order valence-corrected chi connectivity index (χ3v) is 2.83. The van der Waals surface area contributed by atoms with Gasteiger partial charge in [-0.25, -0.2) is 0 Å². The molecule has 3 nitrogen and oxygen atoms in total. The summed E-state index contributed by atoms with van der Waals surface area (Å²) in [5, 5.41) is 9.09. The number of nitrogens with two attached hydrogens (primary N) is 1. The van der Waals surface area contributed by atoms with Crippen LogP contribution in [0.2, 0.25) is 0 Å². The van der Waals surface area contributed by atoms with E-state index >= 15 is 0 Å². The molecule has 0 heterocycles. The fraction of sp³-hybridized carbons (Fsp3) is 0.467. The van der Waals surface area contributed by atoms with Crippen molar-refractivity contribution in [2.45, 2.75) is 26.4 Å². The van der Waals surface area contributed by atoms with Crippen molar-refractivity contribution in [3.63, 3.8) is 0 Å². The Morgan fingerprint density at radius 1 is 1.33 bits per heavy atom. The summed E-state index contributed by atoms with van der Waals surface area (Å²) < 4.78 is 0. The zero-order valence-corrected chi connectivity index (χ0v) is 11.2. The molecule has 0 aromatic heterocycles. The highest BCUT2D eigenvalue weighted by Gasteiger charge is 2.10. The smallest absolute Gasteiger partial charge is 0.0558 e. The molecule has 0 aliphatic carbocycles. The van der Waals surface area contributed by atoms with E-state index in [1.54, 1.807) is 0 Å². The zero-order valence-electron chi connectivity index (χ0n) is 11.2. The van der Waals surface area contributed by atoms with Crippen molar-refractivity contribution in [3.05, 3.63) is 35.4 Å². The van der Waals surface area contributed by atoms with E-state index in [2.05, 4.69) is 36.7 Å². The first-order chi connectivity index (χ1) is 8.69. The molecule has 3 N–H and O–H groups in total. The number of hydrogen-bond acceptors (Lipinski definition) is 3. The van der Waals surface area contributed by atoms with Gasteiger partial charge >= 0.3 is 0 Å². The Kier molecular flexibility index (Phi) is 6.45. The highest BCUT2D eigenvalue weighted by atomic mass is 16.3. The van der Waals surface area contributed by atoms with Crippen LogP contribution in [0, 0.1) is 11.8 Å². The molecule has 1 aromatic rings. The molecule has 0 saturated carbocycles. The number of benzene rings is 1. The van der Waals surface area contributed by atoms with Crippen LogP contribution in [0.4, 0.5) is 0 Å². The number of aliphatic hydroxyl groups is 1. The molecule has 0 amide bonds. The van der Waals surface area contributed by atoms with Gasteiger partial charge in [-0.2, -0.15) is 0 Å². The second-order valence-corrected chi connectivity index (χ2v) is 4.45. The molecule has 1 aromatic carbocycles. The summed E-state index contributed by atoms with van der Waals surface area (Å²) in [5.74, 6) is 5.98. The van der Waals surface area contributed by atoms with Crippen LogP contribution in [0.5, 0.6) is 0 Å². The van der Waals surface area contributed by atoms with E-state index in [1.807, 2.05) is 18.2 Å². The van der Waals surface area contributed by atoms with Gasteiger partial charge in [-0.05, 0) is 25.5 Å². The van der Waals surface area contributed by atoms with Crippen LogP contribution in [0.15, 0.2) is 24.3 Å². The molecule has 0 fully saturated rings. The van der Waals surface area contributed by atoms with Crippen molar-refractivity contribution in [2.75, 3.05) is 19.7 Å². The van der Waals surface area contributed by atoms with Crippen LogP contribution in [-0.2, 0) is 6.54 Å². The van der Waals surface area contributed by atoms with Gasteiger partial charge in [0.1, 0.15) is 0 Å². The second kappa shape index (κ2) is 7.88. The Balaban J connectivity index is 2.88. The van der Waals surface area contributed by atoms with Crippen LogP contribution in [0.25, 0.3) is 0 Å². The normalized spacial score (nSPS) is 10.6. The summed E-state index contributed by atoms with van der Waals surface area (Å²) >= 11 is 0. The van der Waals surface area contributed by atoms with E-state index in [0.29, 0.717) is 19.1 Å². The monoisotopic (exact) mass is 246 g/mol. The lowest BCUT2D eigenvalue weighted by atomic mass is 10.1. The lowest BCUT2D eigenvalue weighted by Gasteiger charge is -2.26. The van der Waals surface area contributed by atoms with Gasteiger partial charge in [-0.15, -0.1) is 0 Å². The standard InChI is InChI=1S/C15H22N2O/c1-13(2)17(10-11-18)12-15-7-4-3-6-14(15)8-5-9-16/h3-4,6-7,13,18H,9-12,16H2,1-2H3. The van der Waals surface area contributed by atoms with E-state index in [-0.39, 0.29) is 6.61 Å². The second-order valence-electron chi connectivity index (χ2n) is 4.45. The molecule has 0 unspecified atom stereocenters. The first-order valence-electron chi connectivity index (χ1n) is 6.30. The van der Waals surface area contributed by atoms with Crippen LogP contribution in [0.1, 0.15) is 25.0 Å². The van der Waals surface area contributed by atoms with Crippen molar-refractivity contribution < 1.29 is 5.11 Å². The molecule has 18 heavy (non-hydrogen) atoms. The zero-order chi connectivity index (χ0) is 13.4. The minimum absolute atomic E-state index is 0.175. The van der Waals surface area contributed by atoms with Crippen molar-refractivity contribution in [3.8, 4) is 11.8 Å². The first kappa shape index (κ1) is 14.7. The first-order valence-corrected chi connectivity index (χ1v) is 6.30. The van der Waals surface area contributed by atoms with Crippen molar-refractivity contribution in [2.24, 2.45) is 5.73 Å². The van der Waals surface area contributed by atoms with E-state index in [0.717, 1.165) is 12.1 Å². The van der Waals surface area contributed by atoms with Gasteiger partial charge < -0.3 is 10.8 Å². The summed E-state index contributed by atoms with van der Waals surface area (Å²) in [6.45, 7) is 6.28. The molecule has 0 radical (unpaired) electrons. The fourth-order valence-electron chi connectivity index (χ4n) is 1.79. The van der Waals surface area contributed by atoms with Gasteiger partial charge in [0, 0.05) is 24.7 Å². The number of nitrogens with zero attached hydrogens (tertiary/aromatic N) is 1. The van der Waals surface area contributed by atoms with Gasteiger partial charge in [0.2, 0.25) is 0 Å². The summed E-state index contributed by atoms with van der Waals surface area (Å²) in [6.07, 6.45) is 0. The molecule has 0 saturated heterocycles. The third kappa shape index (κ3) is 4.50. The molecule has 0 atom stereocenters. The van der Waals surface area contributed by atoms with Crippen LogP contribution >= 0.6 is 0 Å². The quantitative estimate of drug-likeness (QED) is 0.768. The van der Waals surface area contributed by atoms with E-state index in [1.165, 1.54) is 5.56 Å². The molecule has 3 heteroatoms. The Morgan fingerprint density at radius 3 is 2.67 bits per heavy atom. The minimum atomic E-state index is 0.175. The molecule has 0 aliphatic rings. The molecular weight excluding hydrogens is 224 g/mol. The molecule has 0 bridgehead atoms. The maximum atomic E-state index is 9.09. The van der Waals surface area contributed by atoms with Gasteiger partial charge in [0.05, 0.1) is 13.2 Å². The predicted octanol–water partition coefficient (Wildman–Crippen LogP) is 1.20. The average Bonchev–Trinajstić information content (AvgIpc) is 2.37. The summed E-state index contributed by atoms with van der Waals surface area (Å²) in [4.78, 5) is 2.23. The van der Waals surface area contributed by atoms with Gasteiger partial charge in [-0.1, -0.05) is 30.0 Å². The van der Waals surface area contributed by atoms with Crippen molar-refractivity contribution in [1.29, 1.82) is 0 Å². The average molecular weight is 246 g/mol. The van der Waals surface area contributed by atoms with Gasteiger partial charge in [0.15, 0.2) is 0 Å². The molecular formula is C15H22N2O. The topological polar surface area (TPSA) is 49.5 Å². The van der Waals surface area contributed by atoms with Crippen molar-refractivity contribution in [1.82, 2.24) is 4.90 Å². The number of rotatable bonds is 5. The Morgan fingerprint density at radius 2 is 2.06 bits per heavy atom. The molecule has 0 spiro atoms. The lowest BCUT2D eigenvalue weighted by molar-refractivity contribution is 0.159. The molecule has 1 rings (SSSR count). The Hall–Kier alpha value is -1.34. The summed E-state index contributed by atoms with van der Waals surface area (Å²) in [6, 6.07) is 8.48. The third-order valence-electron chi connectivity index (χ3n) is 2.83. The largest absolute Gasteiger partial charge is 0.395 e. The summed E-state index contributed by atoms with van der Waals surface area (Å²) in [7, 11) is 0. The molecule has 0 aliphatic heterocycles. The van der Waals surface area contributed by atoms with Crippen molar-refractivity contribution >= 4 is 0 Å². The minimum Gasteiger partial charge on any atom is -0.395 e. The maximum absolute atomic E-state index is 9.09. The van der Waals surface area contributed by atoms with E-state index in [4.69, 9.17) is 10.8 Å². The SMILES string of the molecule is CC(C)N(CCO)Cc1ccccc1C#CCN. The van der Waals surface area contributed by atoms with Gasteiger partial charge in [0.25, 0.3) is 0 Å². The number of hydrogen-bond donors (Lipinski definition) is 2. The predicted molar refractivity (Wildman–Crippen MR) is 75.0 cm³/mol. The van der Waals surface area contributed by atoms with Gasteiger partial charge in [-0.3, -0.25) is 4.90 Å². The summed E-state index contributed by atoms with van der Waals surface area (Å²) in [5.41, 5.74) is 7.61. The van der Waals surface area contributed by atoms with E-state index in [9.17, 15) is 0 Å². The van der Waals surface area contributed by atoms with E-state index < -0.39 is 0 Å².